The summed E-state index contributed by atoms with van der Waals surface area (Å²) in [6.07, 6.45) is -2.54. The highest BCUT2D eigenvalue weighted by Gasteiger charge is 2.31. The molecule has 0 saturated carbocycles. The Morgan fingerprint density at radius 1 is 1.07 bits per heavy atom. The van der Waals surface area contributed by atoms with Gasteiger partial charge in [0.05, 0.1) is 18.8 Å². The van der Waals surface area contributed by atoms with Gasteiger partial charge in [0.15, 0.2) is 5.82 Å². The molecule has 2 aliphatic rings. The van der Waals surface area contributed by atoms with E-state index < -0.39 is 34.9 Å². The van der Waals surface area contributed by atoms with Gasteiger partial charge >= 0.3 is 12.3 Å². The van der Waals surface area contributed by atoms with E-state index in [0.717, 1.165) is 17.7 Å². The Labute approximate surface area is 251 Å². The van der Waals surface area contributed by atoms with Crippen LogP contribution in [-0.4, -0.2) is 81.1 Å². The van der Waals surface area contributed by atoms with Crippen molar-refractivity contribution in [2.75, 3.05) is 49.6 Å². The molecule has 0 radical (unpaired) electrons. The average molecular weight is 618 g/mol. The van der Waals surface area contributed by atoms with Gasteiger partial charge in [0.25, 0.3) is 5.56 Å². The van der Waals surface area contributed by atoms with E-state index in [4.69, 9.17) is 9.47 Å². The van der Waals surface area contributed by atoms with Crippen LogP contribution in [0.4, 0.5) is 29.3 Å². The van der Waals surface area contributed by atoms with Gasteiger partial charge in [-0.3, -0.25) is 9.59 Å². The largest absolute Gasteiger partial charge is 0.444 e. The summed E-state index contributed by atoms with van der Waals surface area (Å²) in [4.78, 5) is 47.7. The smallest absolute Gasteiger partial charge is 0.416 e. The fraction of sp³-hybridized carbons (Fsp3) is 0.483. The molecule has 1 N–H and O–H groups in total. The second-order valence-corrected chi connectivity index (χ2v) is 11.6. The third-order valence-corrected chi connectivity index (χ3v) is 7.27. The van der Waals surface area contributed by atoms with Gasteiger partial charge in [-0.2, -0.15) is 22.7 Å². The van der Waals surface area contributed by atoms with E-state index in [9.17, 15) is 27.6 Å². The summed E-state index contributed by atoms with van der Waals surface area (Å²) >= 11 is 0. The highest BCUT2D eigenvalue weighted by atomic mass is 19.4. The van der Waals surface area contributed by atoms with Crippen LogP contribution in [0.3, 0.4) is 0 Å². The van der Waals surface area contributed by atoms with Crippen LogP contribution in [0.15, 0.2) is 35.1 Å². The van der Waals surface area contributed by atoms with Crippen LogP contribution in [0.1, 0.15) is 44.3 Å². The molecule has 4 heterocycles. The summed E-state index contributed by atoms with van der Waals surface area (Å²) in [5.74, 6) is -0.0453. The zero-order valence-corrected chi connectivity index (χ0v) is 24.9. The number of anilines is 2. The Balaban J connectivity index is 1.46. The first-order valence-electron chi connectivity index (χ1n) is 14.2. The molecule has 0 bridgehead atoms. The first-order chi connectivity index (χ1) is 20.7. The number of carbonyl (C=O) groups is 2. The number of aromatic nitrogens is 4. The lowest BCUT2D eigenvalue weighted by Crippen LogP contribution is -2.51. The summed E-state index contributed by atoms with van der Waals surface area (Å²) in [6.45, 7) is 8.95. The standard InChI is InChI=1S/C29H34F3N7O5/c1-18-23(36-11-13-37(14-12-36)27(42)44-28(2,3)4)25(41)39-26(34-24(35-39)19-9-15-43-16-10-19)38(18)17-22(40)33-21-7-5-20(6-8-21)29(30,31)32/h5-9H,10-17H2,1-4H3,(H,33,40). The van der Waals surface area contributed by atoms with Crippen LogP contribution in [0.25, 0.3) is 11.4 Å². The van der Waals surface area contributed by atoms with Gasteiger partial charge in [-0.15, -0.1) is 5.10 Å². The fourth-order valence-electron chi connectivity index (χ4n) is 5.09. The number of halogens is 3. The first kappa shape index (κ1) is 31.0. The van der Waals surface area contributed by atoms with Crippen molar-refractivity contribution in [1.82, 2.24) is 24.1 Å². The molecule has 1 fully saturated rings. The Kier molecular flexibility index (Phi) is 8.42. The number of nitrogens with zero attached hydrogens (tertiary/aromatic N) is 6. The molecule has 1 saturated heterocycles. The van der Waals surface area contributed by atoms with E-state index in [1.807, 2.05) is 11.0 Å². The quantitative estimate of drug-likeness (QED) is 0.460. The fourth-order valence-corrected chi connectivity index (χ4v) is 5.09. The minimum atomic E-state index is -4.50. The SMILES string of the molecule is Cc1c(N2CCN(C(=O)OC(C)(C)C)CC2)c(=O)n2nc(C3=CCOCC3)nc2n1CC(=O)Nc1ccc(C(F)(F)F)cc1. The van der Waals surface area contributed by atoms with E-state index in [-0.39, 0.29) is 18.0 Å². The second-order valence-electron chi connectivity index (χ2n) is 11.6. The Morgan fingerprint density at radius 3 is 2.34 bits per heavy atom. The highest BCUT2D eigenvalue weighted by molar-refractivity contribution is 5.91. The number of benzene rings is 1. The molecule has 0 atom stereocenters. The van der Waals surface area contributed by atoms with Crippen molar-refractivity contribution in [1.29, 1.82) is 0 Å². The van der Waals surface area contributed by atoms with Gasteiger partial charge < -0.3 is 29.2 Å². The van der Waals surface area contributed by atoms with Gasteiger partial charge in [0.2, 0.25) is 11.7 Å². The normalized spacial score (nSPS) is 16.2. The van der Waals surface area contributed by atoms with Crippen LogP contribution in [0, 0.1) is 6.92 Å². The predicted octanol–water partition coefficient (Wildman–Crippen LogP) is 3.72. The Hall–Kier alpha value is -4.40. The molecule has 2 aromatic heterocycles. The molecule has 0 aliphatic carbocycles. The van der Waals surface area contributed by atoms with Crippen molar-refractivity contribution in [3.8, 4) is 0 Å². The van der Waals surface area contributed by atoms with Crippen molar-refractivity contribution in [3.63, 3.8) is 0 Å². The van der Waals surface area contributed by atoms with Crippen molar-refractivity contribution in [2.45, 2.75) is 52.4 Å². The molecule has 12 nitrogen and oxygen atoms in total. The van der Waals surface area contributed by atoms with Crippen LogP contribution >= 0.6 is 0 Å². The van der Waals surface area contributed by atoms with Crippen LogP contribution in [-0.2, 0) is 27.0 Å². The van der Waals surface area contributed by atoms with Gasteiger partial charge in [-0.05, 0) is 64.0 Å². The third kappa shape index (κ3) is 6.72. The maximum Gasteiger partial charge on any atom is 0.416 e. The summed E-state index contributed by atoms with van der Waals surface area (Å²) in [5.41, 5.74) is -0.139. The Bertz CT molecular complexity index is 1650. The number of fused-ring (bicyclic) bond motifs is 1. The lowest BCUT2D eigenvalue weighted by Gasteiger charge is -2.37. The molecule has 0 unspecified atom stereocenters. The average Bonchev–Trinajstić information content (AvgIpc) is 3.41. The predicted molar refractivity (Wildman–Crippen MR) is 155 cm³/mol. The number of hydrogen-bond acceptors (Lipinski definition) is 8. The molecule has 3 aromatic rings. The monoisotopic (exact) mass is 617 g/mol. The number of nitrogens with one attached hydrogen (secondary N) is 1. The number of alkyl halides is 3. The summed E-state index contributed by atoms with van der Waals surface area (Å²) in [6, 6.07) is 4.13. The molecule has 5 rings (SSSR count). The summed E-state index contributed by atoms with van der Waals surface area (Å²) in [5, 5.41) is 7.12. The molecule has 15 heteroatoms. The van der Waals surface area contributed by atoms with E-state index >= 15 is 0 Å². The van der Waals surface area contributed by atoms with Crippen molar-refractivity contribution < 1.29 is 32.2 Å². The van der Waals surface area contributed by atoms with Crippen LogP contribution < -0.4 is 15.8 Å². The lowest BCUT2D eigenvalue weighted by molar-refractivity contribution is -0.137. The molecular weight excluding hydrogens is 583 g/mol. The van der Waals surface area contributed by atoms with Gasteiger partial charge in [0, 0.05) is 37.6 Å². The molecule has 0 spiro atoms. The Morgan fingerprint density at radius 2 is 1.75 bits per heavy atom. The third-order valence-electron chi connectivity index (χ3n) is 7.27. The number of amides is 2. The van der Waals surface area contributed by atoms with Crippen LogP contribution in [0.2, 0.25) is 0 Å². The highest BCUT2D eigenvalue weighted by Crippen LogP contribution is 2.30. The zero-order valence-electron chi connectivity index (χ0n) is 24.9. The number of rotatable bonds is 5. The van der Waals surface area contributed by atoms with E-state index in [0.29, 0.717) is 63.0 Å². The van der Waals surface area contributed by atoms with Crippen molar-refractivity contribution in [2.24, 2.45) is 0 Å². The van der Waals surface area contributed by atoms with Gasteiger partial charge in [0.1, 0.15) is 17.8 Å². The maximum absolute atomic E-state index is 13.9. The van der Waals surface area contributed by atoms with Crippen molar-refractivity contribution in [3.05, 3.63) is 57.8 Å². The molecule has 1 aromatic carbocycles. The van der Waals surface area contributed by atoms with E-state index in [1.165, 1.54) is 16.6 Å². The van der Waals surface area contributed by atoms with Crippen molar-refractivity contribution >= 4 is 34.7 Å². The lowest BCUT2D eigenvalue weighted by atomic mass is 10.1. The zero-order chi connectivity index (χ0) is 31.8. The van der Waals surface area contributed by atoms with Crippen LogP contribution in [0.5, 0.6) is 0 Å². The molecular formula is C29H34F3N7O5. The second kappa shape index (κ2) is 11.9. The maximum atomic E-state index is 13.9. The number of ether oxygens (including phenoxy) is 2. The minimum absolute atomic E-state index is 0.147. The number of hydrogen-bond donors (Lipinski definition) is 1. The molecule has 44 heavy (non-hydrogen) atoms. The number of carbonyl (C=O) groups excluding carboxylic acids is 2. The summed E-state index contributed by atoms with van der Waals surface area (Å²) < 4.78 is 52.5. The van der Waals surface area contributed by atoms with Gasteiger partial charge in [-0.1, -0.05) is 6.08 Å². The summed E-state index contributed by atoms with van der Waals surface area (Å²) in [7, 11) is 0. The first-order valence-corrected chi connectivity index (χ1v) is 14.2. The van der Waals surface area contributed by atoms with Gasteiger partial charge in [-0.25, -0.2) is 4.79 Å². The number of piperazine rings is 1. The van der Waals surface area contributed by atoms with E-state index in [1.54, 1.807) is 37.2 Å². The molecule has 2 amide bonds. The topological polar surface area (TPSA) is 123 Å². The molecule has 236 valence electrons. The minimum Gasteiger partial charge on any atom is -0.444 e. The molecule has 2 aliphatic heterocycles. The van der Waals surface area contributed by atoms with E-state index in [2.05, 4.69) is 15.4 Å².